The molecule has 110 valence electrons. The fourth-order valence-electron chi connectivity index (χ4n) is 4.59. The summed E-state index contributed by atoms with van der Waals surface area (Å²) in [5, 5.41) is 13.7. The van der Waals surface area contributed by atoms with Gasteiger partial charge in [0.25, 0.3) is 0 Å². The smallest absolute Gasteiger partial charge is 0.0628 e. The van der Waals surface area contributed by atoms with Crippen LogP contribution in [-0.4, -0.2) is 47.8 Å². The zero-order valence-electron chi connectivity index (χ0n) is 12.6. The van der Waals surface area contributed by atoms with Gasteiger partial charge in [0, 0.05) is 25.7 Å². The van der Waals surface area contributed by atoms with Gasteiger partial charge in [0.2, 0.25) is 0 Å². The number of rotatable bonds is 6. The first-order valence-corrected chi connectivity index (χ1v) is 8.24. The van der Waals surface area contributed by atoms with Crippen LogP contribution in [0.3, 0.4) is 0 Å². The molecule has 0 aromatic rings. The van der Waals surface area contributed by atoms with Crippen LogP contribution in [0.2, 0.25) is 0 Å². The second-order valence-corrected chi connectivity index (χ2v) is 7.53. The summed E-state index contributed by atoms with van der Waals surface area (Å²) >= 11 is 0. The quantitative estimate of drug-likeness (QED) is 0.770. The Hall–Kier alpha value is -0.120. The number of hydrogen-bond donors (Lipinski definition) is 2. The molecule has 1 heterocycles. The monoisotopic (exact) mass is 266 g/mol. The van der Waals surface area contributed by atoms with Crippen molar-refractivity contribution in [2.24, 2.45) is 17.8 Å². The van der Waals surface area contributed by atoms with E-state index < -0.39 is 0 Å². The van der Waals surface area contributed by atoms with Crippen molar-refractivity contribution in [3.63, 3.8) is 0 Å². The molecule has 0 bridgehead atoms. The van der Waals surface area contributed by atoms with Gasteiger partial charge in [0.1, 0.15) is 0 Å². The van der Waals surface area contributed by atoms with Crippen LogP contribution in [0.5, 0.6) is 0 Å². The van der Waals surface area contributed by atoms with Gasteiger partial charge in [-0.25, -0.2) is 0 Å². The summed E-state index contributed by atoms with van der Waals surface area (Å²) in [6.07, 6.45) is 6.91. The molecular weight excluding hydrogens is 236 g/mol. The van der Waals surface area contributed by atoms with Crippen molar-refractivity contribution in [3.05, 3.63) is 0 Å². The molecule has 3 nitrogen and oxygen atoms in total. The van der Waals surface area contributed by atoms with Crippen LogP contribution in [0.15, 0.2) is 0 Å². The minimum absolute atomic E-state index is 0.0349. The lowest BCUT2D eigenvalue weighted by Gasteiger charge is -2.39. The van der Waals surface area contributed by atoms with Gasteiger partial charge in [0.15, 0.2) is 0 Å². The van der Waals surface area contributed by atoms with E-state index in [1.165, 1.54) is 45.2 Å². The number of aliphatic hydroxyl groups is 1. The zero-order chi connectivity index (χ0) is 13.5. The molecule has 0 spiro atoms. The Labute approximate surface area is 117 Å². The SMILES string of the molecule is CC(C)NC(CO)(CN1CC2CCCC2C1)C1CC1. The van der Waals surface area contributed by atoms with Crippen molar-refractivity contribution in [3.8, 4) is 0 Å². The van der Waals surface area contributed by atoms with Crippen molar-refractivity contribution >= 4 is 0 Å². The van der Waals surface area contributed by atoms with E-state index >= 15 is 0 Å². The minimum Gasteiger partial charge on any atom is -0.394 e. The van der Waals surface area contributed by atoms with E-state index in [0.29, 0.717) is 18.6 Å². The Bertz CT molecular complexity index is 304. The number of likely N-dealkylation sites (tertiary alicyclic amines) is 1. The number of aliphatic hydroxyl groups excluding tert-OH is 1. The van der Waals surface area contributed by atoms with Crippen LogP contribution >= 0.6 is 0 Å². The number of nitrogens with one attached hydrogen (secondary N) is 1. The fraction of sp³-hybridized carbons (Fsp3) is 1.00. The molecule has 0 radical (unpaired) electrons. The summed E-state index contributed by atoms with van der Waals surface area (Å²) in [5.41, 5.74) is -0.0349. The Kier molecular flexibility index (Phi) is 3.89. The van der Waals surface area contributed by atoms with E-state index in [9.17, 15) is 5.11 Å². The van der Waals surface area contributed by atoms with Crippen molar-refractivity contribution in [2.45, 2.75) is 57.5 Å². The molecule has 3 fully saturated rings. The van der Waals surface area contributed by atoms with Gasteiger partial charge < -0.3 is 15.3 Å². The first-order valence-electron chi connectivity index (χ1n) is 8.24. The van der Waals surface area contributed by atoms with Gasteiger partial charge >= 0.3 is 0 Å². The highest BCUT2D eigenvalue weighted by Crippen LogP contribution is 2.43. The van der Waals surface area contributed by atoms with Crippen LogP contribution in [0.4, 0.5) is 0 Å². The average molecular weight is 266 g/mol. The molecule has 0 aromatic carbocycles. The molecule has 3 unspecified atom stereocenters. The van der Waals surface area contributed by atoms with Gasteiger partial charge in [0.05, 0.1) is 12.1 Å². The maximum Gasteiger partial charge on any atom is 0.0628 e. The second kappa shape index (κ2) is 5.34. The van der Waals surface area contributed by atoms with Gasteiger partial charge in [-0.15, -0.1) is 0 Å². The zero-order valence-corrected chi connectivity index (χ0v) is 12.6. The lowest BCUT2D eigenvalue weighted by molar-refractivity contribution is 0.0896. The summed E-state index contributed by atoms with van der Waals surface area (Å²) < 4.78 is 0. The molecule has 1 saturated heterocycles. The summed E-state index contributed by atoms with van der Waals surface area (Å²) in [5.74, 6) is 2.60. The highest BCUT2D eigenvalue weighted by atomic mass is 16.3. The predicted octanol–water partition coefficient (Wildman–Crippen LogP) is 1.86. The Balaban J connectivity index is 1.64. The second-order valence-electron chi connectivity index (χ2n) is 7.53. The fourth-order valence-corrected chi connectivity index (χ4v) is 4.59. The van der Waals surface area contributed by atoms with E-state index in [0.717, 1.165) is 18.4 Å². The Morgan fingerprint density at radius 1 is 1.16 bits per heavy atom. The van der Waals surface area contributed by atoms with Crippen LogP contribution in [0.25, 0.3) is 0 Å². The van der Waals surface area contributed by atoms with E-state index in [1.807, 2.05) is 0 Å². The number of hydrogen-bond acceptors (Lipinski definition) is 3. The van der Waals surface area contributed by atoms with Crippen molar-refractivity contribution in [1.82, 2.24) is 10.2 Å². The molecule has 1 aliphatic heterocycles. The average Bonchev–Trinajstić information content (AvgIpc) is 3.01. The van der Waals surface area contributed by atoms with Crippen LogP contribution in [0, 0.1) is 17.8 Å². The summed E-state index contributed by atoms with van der Waals surface area (Å²) in [4.78, 5) is 2.64. The lowest BCUT2D eigenvalue weighted by Crippen LogP contribution is -2.59. The summed E-state index contributed by atoms with van der Waals surface area (Å²) in [6.45, 7) is 8.30. The molecule has 3 aliphatic rings. The number of fused-ring (bicyclic) bond motifs is 1. The third-order valence-electron chi connectivity index (χ3n) is 5.52. The standard InChI is InChI=1S/C16H30N2O/c1-12(2)17-16(11-19,15-6-7-15)10-18-8-13-4-3-5-14(13)9-18/h12-15,17,19H,3-11H2,1-2H3. The largest absolute Gasteiger partial charge is 0.394 e. The first-order chi connectivity index (χ1) is 9.13. The molecule has 2 aliphatic carbocycles. The molecule has 3 heteroatoms. The maximum atomic E-state index is 10.0. The molecule has 3 rings (SSSR count). The highest BCUT2D eigenvalue weighted by molar-refractivity contribution is 5.05. The predicted molar refractivity (Wildman–Crippen MR) is 78.1 cm³/mol. The van der Waals surface area contributed by atoms with E-state index in [4.69, 9.17) is 0 Å². The molecule has 3 atom stereocenters. The summed E-state index contributed by atoms with van der Waals surface area (Å²) in [6, 6.07) is 0.454. The molecule has 2 N–H and O–H groups in total. The summed E-state index contributed by atoms with van der Waals surface area (Å²) in [7, 11) is 0. The molecule has 0 amide bonds. The van der Waals surface area contributed by atoms with E-state index in [1.54, 1.807) is 0 Å². The third kappa shape index (κ3) is 2.84. The van der Waals surface area contributed by atoms with Crippen LogP contribution < -0.4 is 5.32 Å². The van der Waals surface area contributed by atoms with Crippen LogP contribution in [-0.2, 0) is 0 Å². The molecular formula is C16H30N2O. The Morgan fingerprint density at radius 2 is 1.79 bits per heavy atom. The van der Waals surface area contributed by atoms with Gasteiger partial charge in [-0.2, -0.15) is 0 Å². The third-order valence-corrected chi connectivity index (χ3v) is 5.52. The maximum absolute atomic E-state index is 10.0. The van der Waals surface area contributed by atoms with Crippen molar-refractivity contribution in [2.75, 3.05) is 26.2 Å². The van der Waals surface area contributed by atoms with E-state index in [2.05, 4.69) is 24.1 Å². The van der Waals surface area contributed by atoms with Crippen molar-refractivity contribution in [1.29, 1.82) is 0 Å². The topological polar surface area (TPSA) is 35.5 Å². The molecule has 2 saturated carbocycles. The van der Waals surface area contributed by atoms with Gasteiger partial charge in [-0.05, 0) is 43.4 Å². The van der Waals surface area contributed by atoms with Gasteiger partial charge in [-0.3, -0.25) is 0 Å². The minimum atomic E-state index is -0.0349. The van der Waals surface area contributed by atoms with E-state index in [-0.39, 0.29) is 5.54 Å². The highest BCUT2D eigenvalue weighted by Gasteiger charge is 2.48. The molecule has 19 heavy (non-hydrogen) atoms. The Morgan fingerprint density at radius 3 is 2.26 bits per heavy atom. The molecule has 0 aromatic heterocycles. The number of nitrogens with zero attached hydrogens (tertiary/aromatic N) is 1. The van der Waals surface area contributed by atoms with Crippen molar-refractivity contribution < 1.29 is 5.11 Å². The van der Waals surface area contributed by atoms with Crippen LogP contribution in [0.1, 0.15) is 46.0 Å². The first kappa shape index (κ1) is 13.8. The van der Waals surface area contributed by atoms with Gasteiger partial charge in [-0.1, -0.05) is 20.3 Å². The normalized spacial score (nSPS) is 34.7. The lowest BCUT2D eigenvalue weighted by atomic mass is 9.92.